The van der Waals surface area contributed by atoms with Gasteiger partial charge in [-0.05, 0) is 32.1 Å². The Balaban J connectivity index is 2.04. The summed E-state index contributed by atoms with van der Waals surface area (Å²) >= 11 is 0. The van der Waals surface area contributed by atoms with Gasteiger partial charge in [0.25, 0.3) is 0 Å². The van der Waals surface area contributed by atoms with Crippen molar-refractivity contribution in [3.05, 3.63) is 0 Å². The van der Waals surface area contributed by atoms with Crippen molar-refractivity contribution >= 4 is 5.78 Å². The number of fused-ring (bicyclic) bond motifs is 2. The van der Waals surface area contributed by atoms with Crippen LogP contribution >= 0.6 is 0 Å². The molecular weight excluding hydrogens is 210 g/mol. The summed E-state index contributed by atoms with van der Waals surface area (Å²) in [5, 5.41) is 0. The van der Waals surface area contributed by atoms with Crippen molar-refractivity contribution < 1.29 is 4.79 Å². The first-order valence-electron chi connectivity index (χ1n) is 7.46. The zero-order valence-electron chi connectivity index (χ0n) is 11.6. The van der Waals surface area contributed by atoms with Gasteiger partial charge in [0.2, 0.25) is 0 Å². The van der Waals surface area contributed by atoms with E-state index in [1.54, 1.807) is 0 Å². The van der Waals surface area contributed by atoms with Gasteiger partial charge < -0.3 is 0 Å². The Hall–Kier alpha value is -0.370. The summed E-state index contributed by atoms with van der Waals surface area (Å²) in [5.74, 6) is 1.32. The van der Waals surface area contributed by atoms with Crippen LogP contribution in [-0.2, 0) is 4.79 Å². The molecule has 2 aliphatic rings. The van der Waals surface area contributed by atoms with E-state index >= 15 is 0 Å². The van der Waals surface area contributed by atoms with Gasteiger partial charge in [-0.2, -0.15) is 0 Å². The van der Waals surface area contributed by atoms with Gasteiger partial charge in [0.15, 0.2) is 0 Å². The molecule has 4 unspecified atom stereocenters. The number of piperidine rings is 1. The number of ketones is 1. The number of carbonyl (C=O) groups excluding carboxylic acids is 1. The van der Waals surface area contributed by atoms with Crippen molar-refractivity contribution in [2.24, 2.45) is 5.92 Å². The molecule has 2 fully saturated rings. The zero-order valence-corrected chi connectivity index (χ0v) is 11.6. The summed E-state index contributed by atoms with van der Waals surface area (Å²) in [5.41, 5.74) is 0. The summed E-state index contributed by atoms with van der Waals surface area (Å²) in [6.45, 7) is 6.99. The molecule has 0 amide bonds. The number of Topliss-reactive ketones (excluding diaryl/α,β-unsaturated/α-hetero) is 1. The lowest BCUT2D eigenvalue weighted by molar-refractivity contribution is -0.124. The molecule has 0 aliphatic carbocycles. The molecule has 2 rings (SSSR count). The Morgan fingerprint density at radius 1 is 1.24 bits per heavy atom. The highest BCUT2D eigenvalue weighted by Gasteiger charge is 2.43. The van der Waals surface area contributed by atoms with Crippen LogP contribution in [0.25, 0.3) is 0 Å². The molecule has 0 aromatic heterocycles. The fourth-order valence-corrected chi connectivity index (χ4v) is 4.07. The number of rotatable bonds is 5. The quantitative estimate of drug-likeness (QED) is 0.730. The van der Waals surface area contributed by atoms with Gasteiger partial charge in [0.05, 0.1) is 0 Å². The maximum atomic E-state index is 11.6. The average Bonchev–Trinajstić information content (AvgIpc) is 2.58. The van der Waals surface area contributed by atoms with Gasteiger partial charge in [-0.3, -0.25) is 9.69 Å². The topological polar surface area (TPSA) is 20.3 Å². The summed E-state index contributed by atoms with van der Waals surface area (Å²) in [7, 11) is 0. The van der Waals surface area contributed by atoms with E-state index in [2.05, 4.69) is 25.7 Å². The van der Waals surface area contributed by atoms with Crippen molar-refractivity contribution in [2.45, 2.75) is 83.8 Å². The minimum absolute atomic E-state index is 0.504. The van der Waals surface area contributed by atoms with E-state index in [0.717, 1.165) is 18.8 Å². The van der Waals surface area contributed by atoms with Crippen molar-refractivity contribution in [1.82, 2.24) is 4.90 Å². The van der Waals surface area contributed by atoms with Crippen molar-refractivity contribution in [1.29, 1.82) is 0 Å². The lowest BCUT2D eigenvalue weighted by atomic mass is 9.89. The first-order chi connectivity index (χ1) is 8.17. The van der Waals surface area contributed by atoms with E-state index in [1.165, 1.54) is 32.1 Å². The molecule has 0 radical (unpaired) electrons. The first kappa shape index (κ1) is 13.1. The molecule has 2 aliphatic heterocycles. The Kier molecular flexibility index (Phi) is 4.24. The monoisotopic (exact) mass is 237 g/mol. The lowest BCUT2D eigenvalue weighted by Crippen LogP contribution is -2.50. The zero-order chi connectivity index (χ0) is 12.4. The fraction of sp³-hybridized carbons (Fsp3) is 0.933. The van der Waals surface area contributed by atoms with E-state index in [0.29, 0.717) is 23.9 Å². The number of hydrogen-bond donors (Lipinski definition) is 0. The fourth-order valence-electron chi connectivity index (χ4n) is 4.07. The molecule has 4 atom stereocenters. The summed E-state index contributed by atoms with van der Waals surface area (Å²) in [6, 6.07) is 1.81. The van der Waals surface area contributed by atoms with Crippen LogP contribution in [0, 0.1) is 5.92 Å². The van der Waals surface area contributed by atoms with Crippen molar-refractivity contribution in [2.75, 3.05) is 0 Å². The standard InChI is InChI=1S/C15H27NO/c1-4-6-12(5-2)11(3)16-13-7-8-14(16)10-15(17)9-13/h11-14H,4-10H2,1-3H3. The van der Waals surface area contributed by atoms with E-state index in [9.17, 15) is 4.79 Å². The van der Waals surface area contributed by atoms with E-state index < -0.39 is 0 Å². The highest BCUT2D eigenvalue weighted by Crippen LogP contribution is 2.38. The molecule has 2 nitrogen and oxygen atoms in total. The van der Waals surface area contributed by atoms with Crippen LogP contribution in [0.3, 0.4) is 0 Å². The first-order valence-corrected chi connectivity index (χ1v) is 7.46. The molecule has 2 saturated heterocycles. The molecule has 2 bridgehead atoms. The van der Waals surface area contributed by atoms with E-state index in [1.807, 2.05) is 0 Å². The van der Waals surface area contributed by atoms with Crippen LogP contribution in [0.2, 0.25) is 0 Å². The third kappa shape index (κ3) is 2.57. The van der Waals surface area contributed by atoms with E-state index in [-0.39, 0.29) is 0 Å². The Labute approximate surface area is 106 Å². The third-order valence-corrected chi connectivity index (χ3v) is 4.94. The van der Waals surface area contributed by atoms with Crippen LogP contribution in [0.5, 0.6) is 0 Å². The van der Waals surface area contributed by atoms with Crippen LogP contribution in [-0.4, -0.2) is 28.8 Å². The molecule has 0 aromatic rings. The Bertz CT molecular complexity index is 260. The van der Waals surface area contributed by atoms with Crippen LogP contribution in [0.1, 0.15) is 65.7 Å². The molecule has 98 valence electrons. The van der Waals surface area contributed by atoms with Crippen molar-refractivity contribution in [3.8, 4) is 0 Å². The molecule has 17 heavy (non-hydrogen) atoms. The van der Waals surface area contributed by atoms with Gasteiger partial charge in [0, 0.05) is 31.0 Å². The number of carbonyl (C=O) groups is 1. The van der Waals surface area contributed by atoms with Gasteiger partial charge in [-0.25, -0.2) is 0 Å². The van der Waals surface area contributed by atoms with Crippen LogP contribution < -0.4 is 0 Å². The summed E-state index contributed by atoms with van der Waals surface area (Å²) in [4.78, 5) is 14.3. The van der Waals surface area contributed by atoms with Gasteiger partial charge >= 0.3 is 0 Å². The normalized spacial score (nSPS) is 32.8. The largest absolute Gasteiger partial charge is 0.300 e. The van der Waals surface area contributed by atoms with E-state index in [4.69, 9.17) is 0 Å². The number of nitrogens with zero attached hydrogens (tertiary/aromatic N) is 1. The van der Waals surface area contributed by atoms with Gasteiger partial charge in [-0.1, -0.05) is 26.7 Å². The van der Waals surface area contributed by atoms with Crippen LogP contribution in [0.15, 0.2) is 0 Å². The average molecular weight is 237 g/mol. The summed E-state index contributed by atoms with van der Waals surface area (Å²) < 4.78 is 0. The third-order valence-electron chi connectivity index (χ3n) is 4.94. The molecule has 0 spiro atoms. The maximum absolute atomic E-state index is 11.6. The predicted octanol–water partition coefficient (Wildman–Crippen LogP) is 3.40. The molecule has 2 heterocycles. The van der Waals surface area contributed by atoms with Gasteiger partial charge in [-0.15, -0.1) is 0 Å². The van der Waals surface area contributed by atoms with Crippen molar-refractivity contribution in [3.63, 3.8) is 0 Å². The smallest absolute Gasteiger partial charge is 0.136 e. The Morgan fingerprint density at radius 2 is 1.82 bits per heavy atom. The molecule has 0 saturated carbocycles. The second-order valence-corrected chi connectivity index (χ2v) is 5.98. The minimum Gasteiger partial charge on any atom is -0.300 e. The Morgan fingerprint density at radius 3 is 2.29 bits per heavy atom. The second kappa shape index (κ2) is 5.51. The van der Waals surface area contributed by atoms with Gasteiger partial charge in [0.1, 0.15) is 5.78 Å². The maximum Gasteiger partial charge on any atom is 0.136 e. The molecular formula is C15H27NO. The minimum atomic E-state index is 0.504. The van der Waals surface area contributed by atoms with Crippen LogP contribution in [0.4, 0.5) is 0 Å². The molecule has 0 N–H and O–H groups in total. The lowest BCUT2D eigenvalue weighted by Gasteiger charge is -2.42. The highest BCUT2D eigenvalue weighted by molar-refractivity contribution is 5.81. The molecule has 2 heteroatoms. The summed E-state index contributed by atoms with van der Waals surface area (Å²) in [6.07, 6.45) is 8.05. The molecule has 0 aromatic carbocycles. The predicted molar refractivity (Wildman–Crippen MR) is 71.0 cm³/mol. The SMILES string of the molecule is CCCC(CC)C(C)N1C2CCC1CC(=O)C2. The second-order valence-electron chi connectivity index (χ2n) is 5.98. The highest BCUT2D eigenvalue weighted by atomic mass is 16.1. The number of hydrogen-bond acceptors (Lipinski definition) is 2.